The Morgan fingerprint density at radius 3 is 2.42 bits per heavy atom. The fourth-order valence-corrected chi connectivity index (χ4v) is 5.68. The third-order valence-corrected chi connectivity index (χ3v) is 7.48. The van der Waals surface area contributed by atoms with E-state index in [1.807, 2.05) is 18.2 Å². The molecule has 4 nitrogen and oxygen atoms in total. The van der Waals surface area contributed by atoms with Gasteiger partial charge in [-0.25, -0.2) is 4.57 Å². The zero-order valence-electron chi connectivity index (χ0n) is 20.7. The van der Waals surface area contributed by atoms with Crippen molar-refractivity contribution in [1.82, 2.24) is 4.57 Å². The predicted octanol–water partition coefficient (Wildman–Crippen LogP) is 8.31. The van der Waals surface area contributed by atoms with E-state index in [2.05, 4.69) is 112 Å². The van der Waals surface area contributed by atoms with Crippen LogP contribution >= 0.6 is 0 Å². The maximum absolute atomic E-state index is 6.64. The highest BCUT2D eigenvalue weighted by atomic mass is 16.5. The van der Waals surface area contributed by atoms with E-state index in [0.29, 0.717) is 0 Å². The van der Waals surface area contributed by atoms with Crippen molar-refractivity contribution in [3.63, 3.8) is 0 Å². The van der Waals surface area contributed by atoms with Gasteiger partial charge in [-0.3, -0.25) is 0 Å². The smallest absolute Gasteiger partial charge is 0.367 e. The molecule has 0 spiro atoms. The maximum atomic E-state index is 6.64. The lowest BCUT2D eigenvalue weighted by atomic mass is 10.0. The molecule has 0 N–H and O–H groups in total. The Kier molecular flexibility index (Phi) is 4.61. The Labute approximate surface area is 220 Å². The van der Waals surface area contributed by atoms with Gasteiger partial charge in [0.15, 0.2) is 0 Å². The number of benzene rings is 4. The molecule has 2 aliphatic heterocycles. The quantitative estimate of drug-likeness (QED) is 0.224. The molecule has 0 fully saturated rings. The molecule has 0 saturated heterocycles. The molecule has 4 heteroatoms. The zero-order chi connectivity index (χ0) is 25.1. The Balaban J connectivity index is 1.41. The highest BCUT2D eigenvalue weighted by Gasteiger charge is 2.36. The molecule has 3 aliphatic rings. The van der Waals surface area contributed by atoms with Crippen molar-refractivity contribution in [3.8, 4) is 11.5 Å². The van der Waals surface area contributed by atoms with Crippen LogP contribution in [0.25, 0.3) is 34.0 Å². The van der Waals surface area contributed by atoms with E-state index in [9.17, 15) is 0 Å². The first-order chi connectivity index (χ1) is 18.9. The van der Waals surface area contributed by atoms with Crippen molar-refractivity contribution in [2.75, 3.05) is 0 Å². The summed E-state index contributed by atoms with van der Waals surface area (Å²) >= 11 is 0. The number of hydrogen-bond acceptors (Lipinski definition) is 2. The van der Waals surface area contributed by atoms with Crippen LogP contribution < -0.4 is 4.74 Å². The van der Waals surface area contributed by atoms with Gasteiger partial charge in [-0.15, -0.1) is 0 Å². The molecule has 8 rings (SSSR count). The van der Waals surface area contributed by atoms with Crippen LogP contribution in [0.15, 0.2) is 120 Å². The minimum atomic E-state index is 0.866. The number of allylic oxidation sites excluding steroid dienone is 2. The van der Waals surface area contributed by atoms with Gasteiger partial charge in [-0.2, -0.15) is 4.58 Å². The molecule has 4 aromatic carbocycles. The van der Waals surface area contributed by atoms with Crippen molar-refractivity contribution < 1.29 is 9.31 Å². The van der Waals surface area contributed by atoms with E-state index >= 15 is 0 Å². The molecule has 5 aromatic rings. The molecule has 0 saturated carbocycles. The van der Waals surface area contributed by atoms with Crippen LogP contribution in [0.2, 0.25) is 0 Å². The third-order valence-electron chi connectivity index (χ3n) is 7.48. The van der Waals surface area contributed by atoms with Gasteiger partial charge in [-0.1, -0.05) is 90.0 Å². The van der Waals surface area contributed by atoms with Crippen LogP contribution in [-0.4, -0.2) is 20.9 Å². The summed E-state index contributed by atoms with van der Waals surface area (Å²) < 4.78 is 11.2. The molecule has 0 amide bonds. The fourth-order valence-electron chi connectivity index (χ4n) is 5.68. The van der Waals surface area contributed by atoms with Gasteiger partial charge in [-0.05, 0) is 49.2 Å². The standard InChI is InChI=1S/C34H24N3O/c1-3-12-25(13-4-1)33-35-34(36(33)26-14-5-2-6-15-26)37-28-17-9-8-16-27(28)31-29(37)22-21-24-20-19-23-11-7-10-18-30(23)38-32(24)31/h2-3,5-22H,1,4H2/q+1. The van der Waals surface area contributed by atoms with Gasteiger partial charge in [0.25, 0.3) is 5.84 Å². The molecule has 3 heterocycles. The van der Waals surface area contributed by atoms with Crippen LogP contribution in [0.1, 0.15) is 24.0 Å². The maximum Gasteiger partial charge on any atom is 0.367 e. The summed E-state index contributed by atoms with van der Waals surface area (Å²) in [6.07, 6.45) is 13.1. The number of fused-ring (bicyclic) bond motifs is 6. The molecular weight excluding hydrogens is 466 g/mol. The van der Waals surface area contributed by atoms with Gasteiger partial charge < -0.3 is 4.74 Å². The molecule has 1 aliphatic carbocycles. The van der Waals surface area contributed by atoms with Crippen molar-refractivity contribution in [1.29, 1.82) is 0 Å². The normalized spacial score (nSPS) is 15.9. The summed E-state index contributed by atoms with van der Waals surface area (Å²) in [5.41, 5.74) is 6.59. The van der Waals surface area contributed by atoms with E-state index in [1.54, 1.807) is 0 Å². The monoisotopic (exact) mass is 490 g/mol. The van der Waals surface area contributed by atoms with E-state index in [0.717, 1.165) is 74.8 Å². The van der Waals surface area contributed by atoms with Gasteiger partial charge in [0.2, 0.25) is 0 Å². The third kappa shape index (κ3) is 3.10. The van der Waals surface area contributed by atoms with Crippen LogP contribution in [0.5, 0.6) is 11.5 Å². The van der Waals surface area contributed by atoms with E-state index in [4.69, 9.17) is 9.73 Å². The second kappa shape index (κ2) is 8.29. The van der Waals surface area contributed by atoms with Crippen molar-refractivity contribution in [2.24, 2.45) is 4.99 Å². The summed E-state index contributed by atoms with van der Waals surface area (Å²) in [6.45, 7) is 0. The minimum Gasteiger partial charge on any atom is -0.455 e. The summed E-state index contributed by atoms with van der Waals surface area (Å²) in [7, 11) is 0. The van der Waals surface area contributed by atoms with Crippen molar-refractivity contribution in [2.45, 2.75) is 12.8 Å². The highest BCUT2D eigenvalue weighted by Crippen LogP contribution is 2.44. The average molecular weight is 491 g/mol. The lowest BCUT2D eigenvalue weighted by Crippen LogP contribution is -2.38. The molecule has 180 valence electrons. The second-order valence-electron chi connectivity index (χ2n) is 9.75. The minimum absolute atomic E-state index is 0.866. The molecule has 0 atom stereocenters. The van der Waals surface area contributed by atoms with Crippen molar-refractivity contribution >= 4 is 51.4 Å². The molecule has 0 radical (unpaired) electrons. The van der Waals surface area contributed by atoms with Crippen molar-refractivity contribution in [3.05, 3.63) is 126 Å². The largest absolute Gasteiger partial charge is 0.455 e. The number of nitrogens with zero attached hydrogens (tertiary/aromatic N) is 3. The number of aliphatic imine (C=N–C) groups is 1. The number of rotatable bonds is 2. The van der Waals surface area contributed by atoms with Gasteiger partial charge in [0.05, 0.1) is 11.1 Å². The first kappa shape index (κ1) is 21.2. The van der Waals surface area contributed by atoms with Crippen LogP contribution in [0.3, 0.4) is 0 Å². The topological polar surface area (TPSA) is 29.5 Å². The van der Waals surface area contributed by atoms with Crippen LogP contribution in [0, 0.1) is 0 Å². The fraction of sp³-hybridized carbons (Fsp3) is 0.0588. The first-order valence-electron chi connectivity index (χ1n) is 13.1. The number of aromatic nitrogens is 1. The van der Waals surface area contributed by atoms with Gasteiger partial charge in [0, 0.05) is 22.1 Å². The summed E-state index contributed by atoms with van der Waals surface area (Å²) in [5.74, 6) is 3.62. The molecule has 0 unspecified atom stereocenters. The van der Waals surface area contributed by atoms with Crippen LogP contribution in [-0.2, 0) is 0 Å². The van der Waals surface area contributed by atoms with Gasteiger partial charge >= 0.3 is 5.96 Å². The number of para-hydroxylation sites is 3. The summed E-state index contributed by atoms with van der Waals surface area (Å²) in [6, 6.07) is 31.6. The molecular formula is C34H24N3O+. The lowest BCUT2D eigenvalue weighted by Gasteiger charge is -2.22. The zero-order valence-corrected chi connectivity index (χ0v) is 20.7. The van der Waals surface area contributed by atoms with E-state index in [-0.39, 0.29) is 0 Å². The van der Waals surface area contributed by atoms with Gasteiger partial charge in [0.1, 0.15) is 22.5 Å². The van der Waals surface area contributed by atoms with Crippen LogP contribution in [0.4, 0.5) is 5.69 Å². The summed E-state index contributed by atoms with van der Waals surface area (Å²) in [4.78, 5) is 5.16. The molecule has 1 aromatic heterocycles. The number of ether oxygens (including phenoxy) is 1. The Bertz CT molecular complexity index is 1930. The average Bonchev–Trinajstić information content (AvgIpc) is 3.15. The first-order valence-corrected chi connectivity index (χ1v) is 13.1. The number of amidine groups is 1. The Morgan fingerprint density at radius 2 is 1.53 bits per heavy atom. The van der Waals surface area contributed by atoms with E-state index in [1.165, 1.54) is 5.57 Å². The SMILES string of the molecule is C1=CC(C2=NC(n3c4ccccc4c4c5c(ccc43)C=Cc3ccccc3O5)=[N+]2c2ccccc2)=CCC1. The predicted molar refractivity (Wildman–Crippen MR) is 156 cm³/mol. The highest BCUT2D eigenvalue weighted by molar-refractivity contribution is 6.21. The van der Waals surface area contributed by atoms with E-state index < -0.39 is 0 Å². The number of hydrogen-bond donors (Lipinski definition) is 0. The Morgan fingerprint density at radius 1 is 0.711 bits per heavy atom. The summed E-state index contributed by atoms with van der Waals surface area (Å²) in [5, 5.41) is 2.24. The Hall–Kier alpha value is -4.96. The molecule has 0 bridgehead atoms. The lowest BCUT2D eigenvalue weighted by molar-refractivity contribution is -0.323. The second-order valence-corrected chi connectivity index (χ2v) is 9.75. The molecule has 38 heavy (non-hydrogen) atoms.